The minimum absolute atomic E-state index is 0.364. The number of amides is 1. The van der Waals surface area contributed by atoms with Gasteiger partial charge in [0.1, 0.15) is 23.1 Å². The van der Waals surface area contributed by atoms with Crippen LogP contribution in [0.15, 0.2) is 42.5 Å². The van der Waals surface area contributed by atoms with Gasteiger partial charge in [0.15, 0.2) is 5.60 Å². The summed E-state index contributed by atoms with van der Waals surface area (Å²) in [6, 6.07) is 10.8. The van der Waals surface area contributed by atoms with Crippen molar-refractivity contribution in [1.82, 2.24) is 0 Å². The summed E-state index contributed by atoms with van der Waals surface area (Å²) >= 11 is 0. The lowest BCUT2D eigenvalue weighted by Gasteiger charge is -2.26. The van der Waals surface area contributed by atoms with Gasteiger partial charge in [-0.25, -0.2) is 4.39 Å². The molecule has 0 saturated heterocycles. The van der Waals surface area contributed by atoms with Gasteiger partial charge in [0.05, 0.1) is 18.9 Å². The lowest BCUT2D eigenvalue weighted by atomic mass is 10.1. The maximum Gasteiger partial charge on any atom is 0.268 e. The Morgan fingerprint density at radius 1 is 1.00 bits per heavy atom. The number of hydrogen-bond acceptors (Lipinski definition) is 4. The number of anilines is 1. The maximum absolute atomic E-state index is 13.0. The molecule has 0 bridgehead atoms. The molecule has 0 radical (unpaired) electrons. The Bertz CT molecular complexity index is 744. The number of nitrogens with one attached hydrogen (secondary N) is 1. The second kappa shape index (κ2) is 8.56. The Balaban J connectivity index is 2.18. The summed E-state index contributed by atoms with van der Waals surface area (Å²) in [7, 11) is 0. The molecule has 0 aliphatic carbocycles. The zero-order chi connectivity index (χ0) is 19.2. The van der Waals surface area contributed by atoms with Gasteiger partial charge in [-0.05, 0) is 64.1 Å². The monoisotopic (exact) mass is 361 g/mol. The molecule has 26 heavy (non-hydrogen) atoms. The number of benzene rings is 2. The summed E-state index contributed by atoms with van der Waals surface area (Å²) in [4.78, 5) is 12.7. The average molecular weight is 361 g/mol. The Hall–Kier alpha value is -2.76. The summed E-state index contributed by atoms with van der Waals surface area (Å²) < 4.78 is 29.8. The van der Waals surface area contributed by atoms with Crippen molar-refractivity contribution < 1.29 is 23.4 Å². The van der Waals surface area contributed by atoms with Gasteiger partial charge in [-0.3, -0.25) is 4.79 Å². The highest BCUT2D eigenvalue weighted by Gasteiger charge is 2.31. The van der Waals surface area contributed by atoms with E-state index in [0.29, 0.717) is 36.1 Å². The first-order valence-corrected chi connectivity index (χ1v) is 8.51. The first-order chi connectivity index (χ1) is 12.4. The third kappa shape index (κ3) is 5.12. The van der Waals surface area contributed by atoms with Crippen molar-refractivity contribution in [3.63, 3.8) is 0 Å². The van der Waals surface area contributed by atoms with Crippen molar-refractivity contribution in [2.75, 3.05) is 18.5 Å². The van der Waals surface area contributed by atoms with Crippen LogP contribution in [0.3, 0.4) is 0 Å². The molecule has 5 nitrogen and oxygen atoms in total. The summed E-state index contributed by atoms with van der Waals surface area (Å²) in [5, 5.41) is 2.82. The molecule has 2 rings (SSSR count). The molecule has 2 aromatic rings. The van der Waals surface area contributed by atoms with Crippen LogP contribution in [-0.2, 0) is 4.79 Å². The van der Waals surface area contributed by atoms with Crippen LogP contribution in [0.5, 0.6) is 17.2 Å². The average Bonchev–Trinajstić information content (AvgIpc) is 2.59. The highest BCUT2D eigenvalue weighted by molar-refractivity contribution is 5.98. The van der Waals surface area contributed by atoms with E-state index in [1.807, 2.05) is 13.8 Å². The van der Waals surface area contributed by atoms with Gasteiger partial charge in [-0.15, -0.1) is 0 Å². The predicted octanol–water partition coefficient (Wildman–Crippen LogP) is 4.42. The molecule has 0 saturated carbocycles. The van der Waals surface area contributed by atoms with Gasteiger partial charge in [-0.2, -0.15) is 0 Å². The highest BCUT2D eigenvalue weighted by Crippen LogP contribution is 2.30. The van der Waals surface area contributed by atoms with Crippen LogP contribution in [0, 0.1) is 5.82 Å². The number of halogens is 1. The summed E-state index contributed by atoms with van der Waals surface area (Å²) in [5.74, 6) is 0.843. The van der Waals surface area contributed by atoms with Crippen molar-refractivity contribution in [2.24, 2.45) is 0 Å². The topological polar surface area (TPSA) is 56.8 Å². The van der Waals surface area contributed by atoms with Crippen molar-refractivity contribution in [3.8, 4) is 17.2 Å². The molecule has 0 aromatic heterocycles. The number of hydrogen-bond donors (Lipinski definition) is 1. The second-order valence-corrected chi connectivity index (χ2v) is 6.04. The largest absolute Gasteiger partial charge is 0.494 e. The van der Waals surface area contributed by atoms with E-state index < -0.39 is 5.60 Å². The van der Waals surface area contributed by atoms with Crippen LogP contribution in [0.4, 0.5) is 10.1 Å². The third-order valence-electron chi connectivity index (χ3n) is 3.54. The molecule has 1 amide bonds. The molecule has 0 fully saturated rings. The summed E-state index contributed by atoms with van der Waals surface area (Å²) in [6.45, 7) is 8.00. The number of ether oxygens (including phenoxy) is 3. The fourth-order valence-corrected chi connectivity index (χ4v) is 2.26. The van der Waals surface area contributed by atoms with E-state index in [4.69, 9.17) is 14.2 Å². The first-order valence-electron chi connectivity index (χ1n) is 8.51. The molecule has 0 spiro atoms. The van der Waals surface area contributed by atoms with E-state index in [2.05, 4.69) is 5.32 Å². The van der Waals surface area contributed by atoms with E-state index in [1.54, 1.807) is 32.0 Å². The Kier molecular flexibility index (Phi) is 6.44. The molecular formula is C20H24FNO4. The predicted molar refractivity (Wildman–Crippen MR) is 98.5 cm³/mol. The van der Waals surface area contributed by atoms with E-state index in [-0.39, 0.29) is 11.7 Å². The SMILES string of the molecule is CCOc1ccc(OCC)c(NC(=O)C(C)(C)Oc2ccc(F)cc2)c1. The van der Waals surface area contributed by atoms with Gasteiger partial charge in [0, 0.05) is 6.07 Å². The van der Waals surface area contributed by atoms with E-state index in [9.17, 15) is 9.18 Å². The normalized spacial score (nSPS) is 11.0. The highest BCUT2D eigenvalue weighted by atomic mass is 19.1. The fourth-order valence-electron chi connectivity index (χ4n) is 2.26. The Labute approximate surface area is 153 Å². The van der Waals surface area contributed by atoms with Crippen molar-refractivity contribution in [1.29, 1.82) is 0 Å². The van der Waals surface area contributed by atoms with E-state index >= 15 is 0 Å². The van der Waals surface area contributed by atoms with Crippen LogP contribution in [0.1, 0.15) is 27.7 Å². The molecule has 1 N–H and O–H groups in total. The zero-order valence-electron chi connectivity index (χ0n) is 15.5. The molecule has 0 aliphatic rings. The second-order valence-electron chi connectivity index (χ2n) is 6.04. The van der Waals surface area contributed by atoms with Crippen molar-refractivity contribution in [3.05, 3.63) is 48.3 Å². The first kappa shape index (κ1) is 19.6. The van der Waals surface area contributed by atoms with E-state index in [0.717, 1.165) is 0 Å². The molecule has 0 unspecified atom stereocenters. The van der Waals surface area contributed by atoms with Crippen LogP contribution >= 0.6 is 0 Å². The van der Waals surface area contributed by atoms with Crippen molar-refractivity contribution in [2.45, 2.75) is 33.3 Å². The molecule has 0 heterocycles. The van der Waals surface area contributed by atoms with Gasteiger partial charge in [0.25, 0.3) is 5.91 Å². The lowest BCUT2D eigenvalue weighted by molar-refractivity contribution is -0.128. The van der Waals surface area contributed by atoms with Crippen LogP contribution < -0.4 is 19.5 Å². The molecule has 0 aliphatic heterocycles. The van der Waals surface area contributed by atoms with Crippen LogP contribution in [0.2, 0.25) is 0 Å². The number of carbonyl (C=O) groups is 1. The number of carbonyl (C=O) groups excluding carboxylic acids is 1. The minimum atomic E-state index is -1.18. The van der Waals surface area contributed by atoms with Crippen LogP contribution in [-0.4, -0.2) is 24.7 Å². The molecule has 0 atom stereocenters. The quantitative estimate of drug-likeness (QED) is 0.756. The number of rotatable bonds is 8. The van der Waals surface area contributed by atoms with Gasteiger partial charge in [0.2, 0.25) is 0 Å². The lowest BCUT2D eigenvalue weighted by Crippen LogP contribution is -2.42. The Morgan fingerprint density at radius 3 is 2.23 bits per heavy atom. The van der Waals surface area contributed by atoms with E-state index in [1.165, 1.54) is 24.3 Å². The molecular weight excluding hydrogens is 337 g/mol. The standard InChI is InChI=1S/C20H24FNO4/c1-5-24-16-11-12-18(25-6-2)17(13-16)22-19(23)20(3,4)26-15-9-7-14(21)8-10-15/h7-13H,5-6H2,1-4H3,(H,22,23). The third-order valence-corrected chi connectivity index (χ3v) is 3.54. The van der Waals surface area contributed by atoms with Crippen molar-refractivity contribution >= 4 is 11.6 Å². The summed E-state index contributed by atoms with van der Waals surface area (Å²) in [5.41, 5.74) is -0.679. The van der Waals surface area contributed by atoms with Gasteiger partial charge in [-0.1, -0.05) is 0 Å². The van der Waals surface area contributed by atoms with Gasteiger partial charge >= 0.3 is 0 Å². The zero-order valence-corrected chi connectivity index (χ0v) is 15.5. The molecule has 140 valence electrons. The summed E-state index contributed by atoms with van der Waals surface area (Å²) in [6.07, 6.45) is 0. The smallest absolute Gasteiger partial charge is 0.268 e. The minimum Gasteiger partial charge on any atom is -0.494 e. The van der Waals surface area contributed by atoms with Gasteiger partial charge < -0.3 is 19.5 Å². The molecule has 6 heteroatoms. The molecule has 2 aromatic carbocycles. The Morgan fingerprint density at radius 2 is 1.62 bits per heavy atom. The maximum atomic E-state index is 13.0. The van der Waals surface area contributed by atoms with Crippen LogP contribution in [0.25, 0.3) is 0 Å². The fraction of sp³-hybridized carbons (Fsp3) is 0.350.